The van der Waals surface area contributed by atoms with E-state index in [4.69, 9.17) is 4.74 Å². The van der Waals surface area contributed by atoms with Gasteiger partial charge in [0.2, 0.25) is 0 Å². The minimum absolute atomic E-state index is 0.0150. The number of aryl methyl sites for hydroxylation is 1. The molecule has 1 N–H and O–H groups in total. The molecule has 2 heterocycles. The molecule has 0 spiro atoms. The number of aliphatic hydroxyl groups excluding tert-OH is 1. The van der Waals surface area contributed by atoms with Gasteiger partial charge < -0.3 is 14.7 Å². The summed E-state index contributed by atoms with van der Waals surface area (Å²) >= 11 is 1.44. The summed E-state index contributed by atoms with van der Waals surface area (Å²) in [6.07, 6.45) is 0.0150. The van der Waals surface area contributed by atoms with Crippen molar-refractivity contribution < 1.29 is 19.4 Å². The van der Waals surface area contributed by atoms with Gasteiger partial charge in [0.15, 0.2) is 0 Å². The van der Waals surface area contributed by atoms with Gasteiger partial charge >= 0.3 is 0 Å². The smallest absolute Gasteiger partial charge is 0.300 e. The van der Waals surface area contributed by atoms with Crippen LogP contribution in [0.3, 0.4) is 0 Å². The van der Waals surface area contributed by atoms with Crippen LogP contribution in [-0.4, -0.2) is 37.0 Å². The van der Waals surface area contributed by atoms with Crippen LogP contribution in [0.25, 0.3) is 5.76 Å². The molecule has 1 atom stereocenters. The van der Waals surface area contributed by atoms with E-state index in [1.54, 1.807) is 18.2 Å². The maximum absolute atomic E-state index is 13.2. The predicted octanol–water partition coefficient (Wildman–Crippen LogP) is 5.54. The van der Waals surface area contributed by atoms with Gasteiger partial charge in [0, 0.05) is 35.9 Å². The van der Waals surface area contributed by atoms with Crippen molar-refractivity contribution in [2.24, 2.45) is 0 Å². The lowest BCUT2D eigenvalue weighted by atomic mass is 9.98. The second-order valence-corrected chi connectivity index (χ2v) is 9.72. The quantitative estimate of drug-likeness (QED) is 0.288. The number of ketones is 1. The average molecular weight is 477 g/mol. The molecule has 2 aromatic carbocycles. The number of benzene rings is 2. The van der Waals surface area contributed by atoms with Crippen LogP contribution in [0, 0.1) is 6.92 Å². The molecule has 1 aliphatic rings. The monoisotopic (exact) mass is 476 g/mol. The van der Waals surface area contributed by atoms with Crippen LogP contribution in [-0.2, 0) is 9.59 Å². The second-order valence-electron chi connectivity index (χ2n) is 8.74. The molecule has 1 aliphatic heterocycles. The first-order valence-electron chi connectivity index (χ1n) is 11.1. The summed E-state index contributed by atoms with van der Waals surface area (Å²) in [5.41, 5.74) is 2.96. The highest BCUT2D eigenvalue weighted by Crippen LogP contribution is 2.44. The number of amides is 1. The number of aliphatic hydroxyl groups is 1. The van der Waals surface area contributed by atoms with E-state index in [9.17, 15) is 14.7 Å². The number of carbonyl (C=O) groups excluding carboxylic acids is 2. The molecule has 7 heteroatoms. The van der Waals surface area contributed by atoms with Crippen LogP contribution < -0.4 is 14.5 Å². The van der Waals surface area contributed by atoms with E-state index < -0.39 is 17.7 Å². The molecule has 34 heavy (non-hydrogen) atoms. The molecule has 6 nitrogen and oxygen atoms in total. The summed E-state index contributed by atoms with van der Waals surface area (Å²) in [6.45, 7) is 5.78. The molecule has 0 bridgehead atoms. The number of nitrogens with zero attached hydrogens (tertiary/aromatic N) is 2. The van der Waals surface area contributed by atoms with Crippen molar-refractivity contribution in [1.29, 1.82) is 0 Å². The van der Waals surface area contributed by atoms with Gasteiger partial charge in [-0.15, -0.1) is 11.3 Å². The first-order valence-corrected chi connectivity index (χ1v) is 12.0. The first-order chi connectivity index (χ1) is 16.2. The van der Waals surface area contributed by atoms with Gasteiger partial charge in [-0.3, -0.25) is 14.5 Å². The van der Waals surface area contributed by atoms with Crippen molar-refractivity contribution in [1.82, 2.24) is 0 Å². The zero-order valence-corrected chi connectivity index (χ0v) is 20.7. The highest BCUT2D eigenvalue weighted by atomic mass is 32.1. The molecule has 0 aliphatic carbocycles. The Kier molecular flexibility index (Phi) is 6.48. The van der Waals surface area contributed by atoms with Crippen LogP contribution in [0.1, 0.15) is 35.9 Å². The van der Waals surface area contributed by atoms with Crippen molar-refractivity contribution in [3.05, 3.63) is 81.6 Å². The number of rotatable bonds is 6. The van der Waals surface area contributed by atoms with Gasteiger partial charge in [0.1, 0.15) is 17.6 Å². The lowest BCUT2D eigenvalue weighted by molar-refractivity contribution is -0.132. The minimum Gasteiger partial charge on any atom is -0.507 e. The SMILES string of the molecule is Cc1cc(/C(O)=C2/C(=O)C(=O)N(c3ccc(N(C)C)cc3)C2c2cccs2)ccc1OC(C)C. The fourth-order valence-corrected chi connectivity index (χ4v) is 4.89. The Bertz CT molecular complexity index is 1240. The maximum atomic E-state index is 13.2. The Labute approximate surface area is 203 Å². The largest absolute Gasteiger partial charge is 0.507 e. The van der Waals surface area contributed by atoms with Gasteiger partial charge in [-0.05, 0) is 80.2 Å². The standard InChI is InChI=1S/C27H28N2O4S/c1-16(2)33-21-13-8-18(15-17(21)3)25(30)23-24(22-7-6-14-34-22)29(27(32)26(23)31)20-11-9-19(10-12-20)28(4)5/h6-16,24,30H,1-5H3/b25-23-. The zero-order valence-electron chi connectivity index (χ0n) is 19.9. The van der Waals surface area contributed by atoms with E-state index >= 15 is 0 Å². The van der Waals surface area contributed by atoms with Gasteiger partial charge in [0.25, 0.3) is 11.7 Å². The summed E-state index contributed by atoms with van der Waals surface area (Å²) in [7, 11) is 3.87. The van der Waals surface area contributed by atoms with Crippen molar-refractivity contribution in [3.8, 4) is 5.75 Å². The summed E-state index contributed by atoms with van der Waals surface area (Å²) in [5, 5.41) is 13.2. The Morgan fingerprint density at radius 3 is 2.35 bits per heavy atom. The molecule has 1 aromatic heterocycles. The molecule has 1 unspecified atom stereocenters. The zero-order chi connectivity index (χ0) is 24.6. The number of Topliss-reactive ketones (excluding diaryl/α,β-unsaturated/α-hetero) is 1. The van der Waals surface area contributed by atoms with Crippen LogP contribution >= 0.6 is 11.3 Å². The molecule has 1 amide bonds. The molecule has 176 valence electrons. The second kappa shape index (κ2) is 9.35. The summed E-state index contributed by atoms with van der Waals surface area (Å²) in [6, 6.07) is 15.7. The number of thiophene rings is 1. The third-order valence-electron chi connectivity index (χ3n) is 5.71. The topological polar surface area (TPSA) is 70.1 Å². The Balaban J connectivity index is 1.83. The third kappa shape index (κ3) is 4.31. The number of anilines is 2. The van der Waals surface area contributed by atoms with Crippen LogP contribution in [0.4, 0.5) is 11.4 Å². The van der Waals surface area contributed by atoms with Crippen molar-refractivity contribution >= 4 is 40.2 Å². The van der Waals surface area contributed by atoms with E-state index in [0.29, 0.717) is 17.0 Å². The van der Waals surface area contributed by atoms with E-state index in [2.05, 4.69) is 0 Å². The molecule has 1 saturated heterocycles. The van der Waals surface area contributed by atoms with Gasteiger partial charge in [-0.2, -0.15) is 0 Å². The highest BCUT2D eigenvalue weighted by molar-refractivity contribution is 7.10. The predicted molar refractivity (Wildman–Crippen MR) is 137 cm³/mol. The highest BCUT2D eigenvalue weighted by Gasteiger charge is 2.47. The molecular weight excluding hydrogens is 448 g/mol. The van der Waals surface area contributed by atoms with Crippen LogP contribution in [0.15, 0.2) is 65.6 Å². The normalized spacial score (nSPS) is 17.5. The fourth-order valence-electron chi connectivity index (χ4n) is 4.06. The summed E-state index contributed by atoms with van der Waals surface area (Å²) < 4.78 is 5.80. The van der Waals surface area contributed by atoms with E-state index in [-0.39, 0.29) is 17.4 Å². The lowest BCUT2D eigenvalue weighted by Crippen LogP contribution is -2.29. The fraction of sp³-hybridized carbons (Fsp3) is 0.259. The van der Waals surface area contributed by atoms with Crippen molar-refractivity contribution in [2.75, 3.05) is 23.9 Å². The van der Waals surface area contributed by atoms with Gasteiger partial charge in [-0.1, -0.05) is 6.07 Å². The molecule has 0 radical (unpaired) electrons. The van der Waals surface area contributed by atoms with Crippen LogP contribution in [0.5, 0.6) is 5.75 Å². The Morgan fingerprint density at radius 1 is 1.09 bits per heavy atom. The third-order valence-corrected chi connectivity index (χ3v) is 6.64. The molecule has 1 fully saturated rings. The van der Waals surface area contributed by atoms with E-state index in [0.717, 1.165) is 16.1 Å². The Morgan fingerprint density at radius 2 is 1.79 bits per heavy atom. The maximum Gasteiger partial charge on any atom is 0.300 e. The number of hydrogen-bond donors (Lipinski definition) is 1. The Hall–Kier alpha value is -3.58. The summed E-state index contributed by atoms with van der Waals surface area (Å²) in [4.78, 5) is 30.7. The van der Waals surface area contributed by atoms with E-state index in [1.807, 2.05) is 81.5 Å². The lowest BCUT2D eigenvalue weighted by Gasteiger charge is -2.25. The molecule has 4 rings (SSSR count). The molecular formula is C27H28N2O4S. The number of carbonyl (C=O) groups is 2. The number of ether oxygens (including phenoxy) is 1. The molecule has 3 aromatic rings. The molecule has 0 saturated carbocycles. The summed E-state index contributed by atoms with van der Waals surface area (Å²) in [5.74, 6) is -0.840. The van der Waals surface area contributed by atoms with Gasteiger partial charge in [0.05, 0.1) is 11.7 Å². The number of hydrogen-bond acceptors (Lipinski definition) is 6. The minimum atomic E-state index is -0.711. The van der Waals surface area contributed by atoms with E-state index in [1.165, 1.54) is 16.2 Å². The van der Waals surface area contributed by atoms with Crippen LogP contribution in [0.2, 0.25) is 0 Å². The van der Waals surface area contributed by atoms with Crippen molar-refractivity contribution in [2.45, 2.75) is 32.9 Å². The van der Waals surface area contributed by atoms with Crippen molar-refractivity contribution in [3.63, 3.8) is 0 Å². The average Bonchev–Trinajstić information content (AvgIpc) is 3.41. The first kappa shape index (κ1) is 23.6. The van der Waals surface area contributed by atoms with Gasteiger partial charge in [-0.25, -0.2) is 0 Å².